The lowest BCUT2D eigenvalue weighted by Gasteiger charge is -2.12. The molecule has 2 rings (SSSR count). The first-order valence-electron chi connectivity index (χ1n) is 6.15. The van der Waals surface area contributed by atoms with Gasteiger partial charge in [0.25, 0.3) is 0 Å². The van der Waals surface area contributed by atoms with E-state index < -0.39 is 0 Å². The van der Waals surface area contributed by atoms with Gasteiger partial charge in [-0.15, -0.1) is 0 Å². The van der Waals surface area contributed by atoms with Crippen LogP contribution < -0.4 is 16.6 Å². The zero-order valence-corrected chi connectivity index (χ0v) is 11.4. The molecule has 2 heterocycles. The van der Waals surface area contributed by atoms with Crippen LogP contribution in [0.5, 0.6) is 0 Å². The molecule has 0 aliphatic carbocycles. The fourth-order valence-electron chi connectivity index (χ4n) is 1.82. The first kappa shape index (κ1) is 13.3. The lowest BCUT2D eigenvalue weighted by Crippen LogP contribution is -2.16. The molecule has 0 spiro atoms. The predicted octanol–water partition coefficient (Wildman–Crippen LogP) is 0.996. The van der Waals surface area contributed by atoms with Crippen LogP contribution in [0.25, 0.3) is 0 Å². The first-order chi connectivity index (χ1) is 9.10. The highest BCUT2D eigenvalue weighted by atomic mass is 15.3. The van der Waals surface area contributed by atoms with Gasteiger partial charge >= 0.3 is 0 Å². The van der Waals surface area contributed by atoms with Crippen molar-refractivity contribution in [3.05, 3.63) is 29.3 Å². The molecular formula is C12H19N7. The SMILES string of the molecule is Cc1cnn(CCNc2nc(C)nc(NN)c2C)c1. The van der Waals surface area contributed by atoms with Crippen LogP contribution in [0, 0.1) is 20.8 Å². The molecule has 0 aliphatic rings. The van der Waals surface area contributed by atoms with Gasteiger partial charge in [0.1, 0.15) is 17.5 Å². The average Bonchev–Trinajstić information content (AvgIpc) is 2.79. The molecule has 2 aromatic heterocycles. The van der Waals surface area contributed by atoms with E-state index in [9.17, 15) is 0 Å². The molecular weight excluding hydrogens is 242 g/mol. The van der Waals surface area contributed by atoms with Crippen molar-refractivity contribution in [3.63, 3.8) is 0 Å². The van der Waals surface area contributed by atoms with Gasteiger partial charge in [0.2, 0.25) is 0 Å². The summed E-state index contributed by atoms with van der Waals surface area (Å²) in [6, 6.07) is 0. The maximum Gasteiger partial charge on any atom is 0.148 e. The van der Waals surface area contributed by atoms with Gasteiger partial charge in [-0.1, -0.05) is 0 Å². The number of aryl methyl sites for hydroxylation is 2. The third-order valence-corrected chi connectivity index (χ3v) is 2.79. The van der Waals surface area contributed by atoms with E-state index in [1.807, 2.05) is 37.8 Å². The van der Waals surface area contributed by atoms with Gasteiger partial charge < -0.3 is 10.7 Å². The van der Waals surface area contributed by atoms with Crippen LogP contribution in [0.15, 0.2) is 12.4 Å². The maximum absolute atomic E-state index is 5.43. The number of hydrazine groups is 1. The number of nitrogens with zero attached hydrogens (tertiary/aromatic N) is 4. The Hall–Kier alpha value is -2.15. The number of hydrogen-bond donors (Lipinski definition) is 3. The van der Waals surface area contributed by atoms with Crippen LogP contribution in [-0.4, -0.2) is 26.3 Å². The zero-order chi connectivity index (χ0) is 13.8. The molecule has 7 heteroatoms. The van der Waals surface area contributed by atoms with Crippen molar-refractivity contribution in [2.24, 2.45) is 5.84 Å². The second-order valence-corrected chi connectivity index (χ2v) is 4.44. The molecule has 0 aromatic carbocycles. The minimum atomic E-state index is 0.643. The third kappa shape index (κ3) is 3.19. The van der Waals surface area contributed by atoms with Crippen molar-refractivity contribution in [1.82, 2.24) is 19.7 Å². The van der Waals surface area contributed by atoms with Crippen molar-refractivity contribution >= 4 is 11.6 Å². The summed E-state index contributed by atoms with van der Waals surface area (Å²) in [6.45, 7) is 7.30. The summed E-state index contributed by atoms with van der Waals surface area (Å²) in [5.41, 5.74) is 4.64. The zero-order valence-electron chi connectivity index (χ0n) is 11.4. The van der Waals surface area contributed by atoms with E-state index >= 15 is 0 Å². The molecule has 0 atom stereocenters. The van der Waals surface area contributed by atoms with E-state index in [-0.39, 0.29) is 0 Å². The number of nitrogens with two attached hydrogens (primary N) is 1. The van der Waals surface area contributed by atoms with E-state index in [1.165, 1.54) is 0 Å². The summed E-state index contributed by atoms with van der Waals surface area (Å²) in [7, 11) is 0. The van der Waals surface area contributed by atoms with Crippen molar-refractivity contribution < 1.29 is 0 Å². The Labute approximate surface area is 112 Å². The lowest BCUT2D eigenvalue weighted by atomic mass is 10.3. The second-order valence-electron chi connectivity index (χ2n) is 4.44. The van der Waals surface area contributed by atoms with Gasteiger partial charge in [-0.3, -0.25) is 4.68 Å². The van der Waals surface area contributed by atoms with Crippen molar-refractivity contribution in [2.45, 2.75) is 27.3 Å². The summed E-state index contributed by atoms with van der Waals surface area (Å²) in [5, 5.41) is 7.51. The van der Waals surface area contributed by atoms with Crippen LogP contribution in [0.3, 0.4) is 0 Å². The summed E-state index contributed by atoms with van der Waals surface area (Å²) >= 11 is 0. The van der Waals surface area contributed by atoms with Gasteiger partial charge in [0, 0.05) is 18.3 Å². The van der Waals surface area contributed by atoms with Crippen LogP contribution >= 0.6 is 0 Å². The minimum Gasteiger partial charge on any atom is -0.368 e. The maximum atomic E-state index is 5.43. The molecule has 4 N–H and O–H groups in total. The molecule has 0 bridgehead atoms. The average molecular weight is 261 g/mol. The fraction of sp³-hybridized carbons (Fsp3) is 0.417. The molecule has 102 valence electrons. The molecule has 0 saturated carbocycles. The van der Waals surface area contributed by atoms with Gasteiger partial charge in [0.15, 0.2) is 0 Å². The largest absolute Gasteiger partial charge is 0.368 e. The molecule has 0 aliphatic heterocycles. The third-order valence-electron chi connectivity index (χ3n) is 2.79. The molecule has 2 aromatic rings. The number of nitrogen functional groups attached to an aromatic ring is 1. The summed E-state index contributed by atoms with van der Waals surface area (Å²) in [5.74, 6) is 7.54. The molecule has 0 radical (unpaired) electrons. The topological polar surface area (TPSA) is 93.7 Å². The minimum absolute atomic E-state index is 0.643. The molecule has 0 fully saturated rings. The number of anilines is 2. The van der Waals surface area contributed by atoms with E-state index in [0.717, 1.165) is 30.0 Å². The van der Waals surface area contributed by atoms with Crippen molar-refractivity contribution in [3.8, 4) is 0 Å². The number of aromatic nitrogens is 4. The quantitative estimate of drug-likeness (QED) is 0.549. The highest BCUT2D eigenvalue weighted by Crippen LogP contribution is 2.18. The highest BCUT2D eigenvalue weighted by molar-refractivity contribution is 5.56. The Bertz CT molecular complexity index is 561. The van der Waals surface area contributed by atoms with Gasteiger partial charge in [-0.25, -0.2) is 15.8 Å². The van der Waals surface area contributed by atoms with E-state index in [1.54, 1.807) is 0 Å². The van der Waals surface area contributed by atoms with E-state index in [2.05, 4.69) is 25.8 Å². The lowest BCUT2D eigenvalue weighted by molar-refractivity contribution is 0.636. The number of hydrogen-bond acceptors (Lipinski definition) is 6. The fourth-order valence-corrected chi connectivity index (χ4v) is 1.82. The Morgan fingerprint density at radius 1 is 1.21 bits per heavy atom. The molecule has 19 heavy (non-hydrogen) atoms. The van der Waals surface area contributed by atoms with Crippen molar-refractivity contribution in [2.75, 3.05) is 17.3 Å². The molecule has 0 unspecified atom stereocenters. The summed E-state index contributed by atoms with van der Waals surface area (Å²) < 4.78 is 1.90. The molecule has 0 amide bonds. The van der Waals surface area contributed by atoms with Gasteiger partial charge in [0.05, 0.1) is 12.7 Å². The van der Waals surface area contributed by atoms with Crippen LogP contribution in [0.4, 0.5) is 11.6 Å². The molecule has 0 saturated heterocycles. The van der Waals surface area contributed by atoms with Crippen molar-refractivity contribution in [1.29, 1.82) is 0 Å². The van der Waals surface area contributed by atoms with E-state index in [0.29, 0.717) is 11.6 Å². The summed E-state index contributed by atoms with van der Waals surface area (Å²) in [6.07, 6.45) is 3.85. The number of nitrogens with one attached hydrogen (secondary N) is 2. The van der Waals surface area contributed by atoms with Gasteiger partial charge in [-0.05, 0) is 26.3 Å². The smallest absolute Gasteiger partial charge is 0.148 e. The van der Waals surface area contributed by atoms with Crippen LogP contribution in [0.1, 0.15) is 17.0 Å². The standard InChI is InChI=1S/C12H19N7/c1-8-6-15-19(7-8)5-4-14-11-9(2)12(18-13)17-10(3)16-11/h6-7H,4-5,13H2,1-3H3,(H2,14,16,17,18). The first-order valence-corrected chi connectivity index (χ1v) is 6.15. The highest BCUT2D eigenvalue weighted by Gasteiger charge is 2.07. The van der Waals surface area contributed by atoms with E-state index in [4.69, 9.17) is 5.84 Å². The monoisotopic (exact) mass is 261 g/mol. The Kier molecular flexibility index (Phi) is 3.96. The van der Waals surface area contributed by atoms with Crippen LogP contribution in [0.2, 0.25) is 0 Å². The summed E-state index contributed by atoms with van der Waals surface area (Å²) in [4.78, 5) is 8.59. The second kappa shape index (κ2) is 5.66. The normalized spacial score (nSPS) is 10.5. The van der Waals surface area contributed by atoms with Crippen LogP contribution in [-0.2, 0) is 6.54 Å². The molecule has 7 nitrogen and oxygen atoms in total. The van der Waals surface area contributed by atoms with Gasteiger partial charge in [-0.2, -0.15) is 5.10 Å². The Morgan fingerprint density at radius 3 is 2.58 bits per heavy atom. The Balaban J connectivity index is 2.01. The predicted molar refractivity (Wildman–Crippen MR) is 74.8 cm³/mol. The Morgan fingerprint density at radius 2 is 1.95 bits per heavy atom. The number of rotatable bonds is 5.